The van der Waals surface area contributed by atoms with Crippen LogP contribution in [0.2, 0.25) is 0 Å². The van der Waals surface area contributed by atoms with Crippen LogP contribution in [0, 0.1) is 0 Å². The molecule has 0 saturated heterocycles. The zero-order chi connectivity index (χ0) is 48.7. The molecule has 0 unspecified atom stereocenters. The van der Waals surface area contributed by atoms with E-state index in [1.807, 2.05) is 146 Å². The molecule has 0 atom stereocenters. The van der Waals surface area contributed by atoms with Crippen molar-refractivity contribution in [1.82, 2.24) is 0 Å². The molecule has 12 rings (SSSR count). The van der Waals surface area contributed by atoms with E-state index >= 15 is 0 Å². The van der Waals surface area contributed by atoms with Crippen LogP contribution in [-0.4, -0.2) is 22.2 Å². The largest absolute Gasteiger partial charge is 0.478 e. The highest BCUT2D eigenvalue weighted by molar-refractivity contribution is 6.12. The van der Waals surface area contributed by atoms with Gasteiger partial charge in [-0.2, -0.15) is 0 Å². The fourth-order valence-corrected chi connectivity index (χ4v) is 10.1. The third-order valence-corrected chi connectivity index (χ3v) is 13.5. The molecule has 0 aromatic heterocycles. The Kier molecular flexibility index (Phi) is 11.0. The van der Waals surface area contributed by atoms with Crippen molar-refractivity contribution in [2.24, 2.45) is 0 Å². The Hall–Kier alpha value is -9.78. The monoisotopic (exact) mass is 930 g/mol. The number of carboxylic acids is 2. The van der Waals surface area contributed by atoms with Crippen LogP contribution < -0.4 is 9.47 Å². The van der Waals surface area contributed by atoms with Crippen LogP contribution in [0.4, 0.5) is 0 Å². The minimum Gasteiger partial charge on any atom is -0.478 e. The predicted octanol–water partition coefficient (Wildman–Crippen LogP) is 17.6. The maximum Gasteiger partial charge on any atom is 0.336 e. The van der Waals surface area contributed by atoms with Gasteiger partial charge in [-0.1, -0.05) is 182 Å². The van der Waals surface area contributed by atoms with Gasteiger partial charge < -0.3 is 19.7 Å². The molecular formula is C66H42O6. The Balaban J connectivity index is 1.09. The first-order valence-electron chi connectivity index (χ1n) is 23.7. The van der Waals surface area contributed by atoms with Gasteiger partial charge >= 0.3 is 11.9 Å². The summed E-state index contributed by atoms with van der Waals surface area (Å²) in [6.07, 6.45) is 0. The van der Waals surface area contributed by atoms with Gasteiger partial charge in [0.25, 0.3) is 0 Å². The van der Waals surface area contributed by atoms with Crippen LogP contribution in [0.25, 0.3) is 98.7 Å². The van der Waals surface area contributed by atoms with Crippen molar-refractivity contribution in [3.05, 3.63) is 254 Å². The lowest BCUT2D eigenvalue weighted by atomic mass is 9.90. The van der Waals surface area contributed by atoms with Gasteiger partial charge in [0.1, 0.15) is 23.0 Å². The van der Waals surface area contributed by atoms with Crippen molar-refractivity contribution in [2.45, 2.75) is 0 Å². The second-order valence-electron chi connectivity index (χ2n) is 17.8. The fourth-order valence-electron chi connectivity index (χ4n) is 10.1. The Morgan fingerprint density at radius 2 is 0.694 bits per heavy atom. The third kappa shape index (κ3) is 8.03. The van der Waals surface area contributed by atoms with Crippen molar-refractivity contribution >= 4 is 55.0 Å². The smallest absolute Gasteiger partial charge is 0.336 e. The van der Waals surface area contributed by atoms with Gasteiger partial charge in [0, 0.05) is 22.3 Å². The average molecular weight is 931 g/mol. The number of fused-ring (bicyclic) bond motifs is 4. The van der Waals surface area contributed by atoms with E-state index < -0.39 is 11.9 Å². The molecule has 0 bridgehead atoms. The van der Waals surface area contributed by atoms with Crippen LogP contribution in [0.5, 0.6) is 23.0 Å². The van der Waals surface area contributed by atoms with Crippen LogP contribution in [0.3, 0.4) is 0 Å². The molecule has 0 amide bonds. The molecule has 0 heterocycles. The van der Waals surface area contributed by atoms with Crippen LogP contribution >= 0.6 is 0 Å². The lowest BCUT2D eigenvalue weighted by Crippen LogP contribution is -2.01. The Labute approximate surface area is 414 Å². The molecule has 6 nitrogen and oxygen atoms in total. The zero-order valence-corrected chi connectivity index (χ0v) is 38.6. The minimum atomic E-state index is -1.04. The van der Waals surface area contributed by atoms with Crippen LogP contribution in [0.1, 0.15) is 20.7 Å². The topological polar surface area (TPSA) is 93.1 Å². The summed E-state index contributed by atoms with van der Waals surface area (Å²) in [6, 6.07) is 79.3. The van der Waals surface area contributed by atoms with Crippen molar-refractivity contribution in [3.8, 4) is 78.6 Å². The number of benzene rings is 12. The summed E-state index contributed by atoms with van der Waals surface area (Å²) < 4.78 is 14.2. The summed E-state index contributed by atoms with van der Waals surface area (Å²) in [5, 5.41) is 28.6. The van der Waals surface area contributed by atoms with Gasteiger partial charge in [0.15, 0.2) is 0 Å². The summed E-state index contributed by atoms with van der Waals surface area (Å²) in [5.74, 6) is -0.159. The molecule has 0 fully saturated rings. The molecule has 2 N–H and O–H groups in total. The summed E-state index contributed by atoms with van der Waals surface area (Å²) >= 11 is 0. The van der Waals surface area contributed by atoms with Gasteiger partial charge in [0.05, 0.1) is 11.1 Å². The molecule has 0 aliphatic heterocycles. The molecule has 0 spiro atoms. The van der Waals surface area contributed by atoms with Crippen LogP contribution in [0.15, 0.2) is 243 Å². The summed E-state index contributed by atoms with van der Waals surface area (Å²) in [4.78, 5) is 25.7. The molecular weight excluding hydrogens is 889 g/mol. The third-order valence-electron chi connectivity index (χ3n) is 13.5. The van der Waals surface area contributed by atoms with Crippen molar-refractivity contribution in [3.63, 3.8) is 0 Å². The molecule has 0 radical (unpaired) electrons. The lowest BCUT2D eigenvalue weighted by molar-refractivity contribution is 0.0687. The molecule has 6 heteroatoms. The first-order chi connectivity index (χ1) is 35.3. The van der Waals surface area contributed by atoms with E-state index in [2.05, 4.69) is 72.8 Å². The molecule has 12 aromatic rings. The second kappa shape index (κ2) is 18.3. The van der Waals surface area contributed by atoms with E-state index in [1.54, 1.807) is 24.3 Å². The first-order valence-corrected chi connectivity index (χ1v) is 23.7. The molecule has 342 valence electrons. The highest BCUT2D eigenvalue weighted by atomic mass is 16.5. The van der Waals surface area contributed by atoms with Gasteiger partial charge in [-0.15, -0.1) is 0 Å². The number of hydrogen-bond acceptors (Lipinski definition) is 4. The number of aromatic carboxylic acids is 2. The van der Waals surface area contributed by atoms with E-state index in [0.29, 0.717) is 34.1 Å². The second-order valence-corrected chi connectivity index (χ2v) is 17.8. The summed E-state index contributed by atoms with van der Waals surface area (Å²) in [5.41, 5.74) is 8.69. The van der Waals surface area contributed by atoms with E-state index in [0.717, 1.165) is 87.6 Å². The molecule has 12 aromatic carbocycles. The molecule has 72 heavy (non-hydrogen) atoms. The van der Waals surface area contributed by atoms with E-state index in [4.69, 9.17) is 9.47 Å². The van der Waals surface area contributed by atoms with Gasteiger partial charge in [-0.25, -0.2) is 9.59 Å². The molecule has 0 saturated carbocycles. The van der Waals surface area contributed by atoms with Gasteiger partial charge in [-0.3, -0.25) is 0 Å². The standard InChI is InChI=1S/C66H42O6/c67-65(68)57-33-29-49(39-59(57)55-23-11-19-43-17-7-9-21-51(43)55)71-61-35-27-47-37-45(41-13-3-1-4-14-41)25-31-53(47)63(61)64-54-32-26-46(42-15-5-2-6-16-42)38-48(54)28-36-62(64)72-50-30-34-58(66(69)70)60(40-50)56-24-12-20-44-18-8-10-22-52(44)56/h1-40H,(H,67,68)(H,69,70). The normalized spacial score (nSPS) is 11.3. The SMILES string of the molecule is O=C(O)c1ccc(Oc2ccc3cc(-c4ccccc4)ccc3c2-c2c(Oc3ccc(C(=O)O)c(-c4cccc5ccccc45)c3)ccc3cc(-c4ccccc4)ccc23)cc1-c1cccc2ccccc12. The predicted molar refractivity (Wildman–Crippen MR) is 291 cm³/mol. The van der Waals surface area contributed by atoms with Crippen molar-refractivity contribution in [1.29, 1.82) is 0 Å². The number of carboxylic acid groups (broad SMARTS) is 2. The number of rotatable bonds is 11. The van der Waals surface area contributed by atoms with E-state index in [-0.39, 0.29) is 11.1 Å². The fraction of sp³-hybridized carbons (Fsp3) is 0. The Morgan fingerprint density at radius 1 is 0.292 bits per heavy atom. The quantitative estimate of drug-likeness (QED) is 0.134. The van der Waals surface area contributed by atoms with Crippen molar-refractivity contribution in [2.75, 3.05) is 0 Å². The van der Waals surface area contributed by atoms with Gasteiger partial charge in [0.2, 0.25) is 0 Å². The Morgan fingerprint density at radius 3 is 1.12 bits per heavy atom. The lowest BCUT2D eigenvalue weighted by Gasteiger charge is -2.21. The van der Waals surface area contributed by atoms with Gasteiger partial charge in [-0.05, 0) is 137 Å². The molecule has 0 aliphatic rings. The van der Waals surface area contributed by atoms with E-state index in [1.165, 1.54) is 0 Å². The van der Waals surface area contributed by atoms with E-state index in [9.17, 15) is 19.8 Å². The first kappa shape index (κ1) is 43.5. The highest BCUT2D eigenvalue weighted by Gasteiger charge is 2.24. The van der Waals surface area contributed by atoms with Crippen molar-refractivity contribution < 1.29 is 29.3 Å². The summed E-state index contributed by atoms with van der Waals surface area (Å²) in [7, 11) is 0. The molecule has 0 aliphatic carbocycles. The summed E-state index contributed by atoms with van der Waals surface area (Å²) in [6.45, 7) is 0. The Bertz CT molecular complexity index is 3830. The van der Waals surface area contributed by atoms with Crippen LogP contribution in [-0.2, 0) is 0 Å². The minimum absolute atomic E-state index is 0.154. The zero-order valence-electron chi connectivity index (χ0n) is 38.6. The highest BCUT2D eigenvalue weighted by Crippen LogP contribution is 2.49. The maximum absolute atomic E-state index is 12.9. The number of carbonyl (C=O) groups is 2. The average Bonchev–Trinajstić information content (AvgIpc) is 3.43. The number of hydrogen-bond donors (Lipinski definition) is 2. The number of ether oxygens (including phenoxy) is 2. The maximum atomic E-state index is 12.9.